The van der Waals surface area contributed by atoms with Gasteiger partial charge in [-0.1, -0.05) is 69.2 Å². The summed E-state index contributed by atoms with van der Waals surface area (Å²) in [6, 6.07) is 18.7. The predicted molar refractivity (Wildman–Crippen MR) is 149 cm³/mol. The molecule has 1 heterocycles. The summed E-state index contributed by atoms with van der Waals surface area (Å²) in [5.74, 6) is -0.836. The van der Waals surface area contributed by atoms with Crippen LogP contribution in [0.2, 0.25) is 0 Å². The molecule has 2 aromatic carbocycles. The average Bonchev–Trinajstić information content (AvgIpc) is 3.64. The molecule has 1 unspecified atom stereocenters. The molecule has 1 aliphatic carbocycles. The highest BCUT2D eigenvalue weighted by Gasteiger charge is 2.34. The largest absolute Gasteiger partial charge is 0.351 e. The van der Waals surface area contributed by atoms with Gasteiger partial charge < -0.3 is 20.1 Å². The number of hydrogen-bond donors (Lipinski definition) is 2. The fraction of sp³-hybridized carbons (Fsp3) is 0.419. The highest BCUT2D eigenvalue weighted by Crippen LogP contribution is 2.27. The van der Waals surface area contributed by atoms with Crippen LogP contribution in [0.3, 0.4) is 0 Å². The van der Waals surface area contributed by atoms with Crippen molar-refractivity contribution in [3.8, 4) is 11.3 Å². The van der Waals surface area contributed by atoms with Crippen molar-refractivity contribution < 1.29 is 14.0 Å². The van der Waals surface area contributed by atoms with Gasteiger partial charge in [-0.05, 0) is 74.3 Å². The van der Waals surface area contributed by atoms with Gasteiger partial charge in [0.15, 0.2) is 0 Å². The summed E-state index contributed by atoms with van der Waals surface area (Å²) < 4.78 is 13.8. The van der Waals surface area contributed by atoms with E-state index in [9.17, 15) is 14.0 Å². The minimum atomic E-state index is -0.858. The number of amides is 2. The zero-order chi connectivity index (χ0) is 26.9. The van der Waals surface area contributed by atoms with Crippen molar-refractivity contribution in [2.45, 2.75) is 58.0 Å². The number of nitrogens with zero attached hydrogens (tertiary/aromatic N) is 2. The molecule has 0 saturated heterocycles. The maximum absolute atomic E-state index is 14.1. The minimum Gasteiger partial charge on any atom is -0.351 e. The van der Waals surface area contributed by atoms with E-state index in [0.717, 1.165) is 56.6 Å². The molecule has 1 aliphatic rings. The number of halogens is 1. The molecule has 3 aromatic rings. The third-order valence-electron chi connectivity index (χ3n) is 7.48. The fourth-order valence-corrected chi connectivity index (χ4v) is 5.28. The van der Waals surface area contributed by atoms with Crippen molar-refractivity contribution in [3.05, 3.63) is 83.8 Å². The Balaban J connectivity index is 1.66. The molecule has 7 heteroatoms. The lowest BCUT2D eigenvalue weighted by Crippen LogP contribution is -2.47. The predicted octanol–water partition coefficient (Wildman–Crippen LogP) is 5.80. The van der Waals surface area contributed by atoms with Crippen LogP contribution < -0.4 is 5.32 Å². The lowest BCUT2D eigenvalue weighted by atomic mass is 10.0. The zero-order valence-corrected chi connectivity index (χ0v) is 22.5. The number of H-pyrrole nitrogens is 1. The molecule has 0 spiro atoms. The molecular weight excluding hydrogens is 479 g/mol. The molecule has 1 fully saturated rings. The third-order valence-corrected chi connectivity index (χ3v) is 7.48. The van der Waals surface area contributed by atoms with Gasteiger partial charge in [0.1, 0.15) is 17.6 Å². The molecule has 1 saturated carbocycles. The van der Waals surface area contributed by atoms with E-state index < -0.39 is 6.04 Å². The summed E-state index contributed by atoms with van der Waals surface area (Å²) in [7, 11) is 0. The van der Waals surface area contributed by atoms with E-state index >= 15 is 0 Å². The summed E-state index contributed by atoms with van der Waals surface area (Å²) in [6.45, 7) is 7.29. The third kappa shape index (κ3) is 6.90. The average molecular weight is 519 g/mol. The number of hydrogen-bond acceptors (Lipinski definition) is 3. The Morgan fingerprint density at radius 3 is 2.29 bits per heavy atom. The van der Waals surface area contributed by atoms with Gasteiger partial charge in [0.05, 0.1) is 0 Å². The number of aromatic amines is 1. The van der Waals surface area contributed by atoms with E-state index in [1.165, 1.54) is 12.1 Å². The van der Waals surface area contributed by atoms with Crippen molar-refractivity contribution in [1.29, 1.82) is 0 Å². The maximum Gasteiger partial charge on any atom is 0.271 e. The van der Waals surface area contributed by atoms with Gasteiger partial charge in [0.25, 0.3) is 5.91 Å². The van der Waals surface area contributed by atoms with Crippen LogP contribution in [0.4, 0.5) is 4.39 Å². The second kappa shape index (κ2) is 13.4. The maximum atomic E-state index is 14.1. The summed E-state index contributed by atoms with van der Waals surface area (Å²) in [5.41, 5.74) is 2.85. The molecule has 0 aliphatic heterocycles. The lowest BCUT2D eigenvalue weighted by Gasteiger charge is -2.32. The van der Waals surface area contributed by atoms with Crippen LogP contribution in [-0.4, -0.2) is 58.8 Å². The van der Waals surface area contributed by atoms with Crippen molar-refractivity contribution in [1.82, 2.24) is 20.1 Å². The van der Waals surface area contributed by atoms with Crippen LogP contribution in [-0.2, 0) is 4.79 Å². The molecule has 4 rings (SSSR count). The molecule has 6 nitrogen and oxygen atoms in total. The Kier molecular flexibility index (Phi) is 9.71. The number of rotatable bonds is 12. The first kappa shape index (κ1) is 27.6. The van der Waals surface area contributed by atoms with Crippen LogP contribution in [0, 0.1) is 5.82 Å². The highest BCUT2D eigenvalue weighted by atomic mass is 19.1. The zero-order valence-electron chi connectivity index (χ0n) is 22.5. The Labute approximate surface area is 225 Å². The Bertz CT molecular complexity index is 1170. The molecule has 202 valence electrons. The monoisotopic (exact) mass is 518 g/mol. The molecule has 0 bridgehead atoms. The Hall–Kier alpha value is -3.45. The van der Waals surface area contributed by atoms with Crippen molar-refractivity contribution in [3.63, 3.8) is 0 Å². The van der Waals surface area contributed by atoms with Crippen molar-refractivity contribution >= 4 is 11.8 Å². The first-order valence-corrected chi connectivity index (χ1v) is 13.8. The number of carbonyl (C=O) groups excluding carboxylic acids is 2. The van der Waals surface area contributed by atoms with Crippen LogP contribution in [0.1, 0.15) is 68.0 Å². The van der Waals surface area contributed by atoms with Gasteiger partial charge in [-0.25, -0.2) is 4.39 Å². The van der Waals surface area contributed by atoms with E-state index in [1.807, 2.05) is 36.4 Å². The van der Waals surface area contributed by atoms with E-state index in [2.05, 4.69) is 29.0 Å². The molecule has 2 amide bonds. The van der Waals surface area contributed by atoms with Crippen molar-refractivity contribution in [2.75, 3.05) is 26.2 Å². The molecule has 1 aromatic heterocycles. The van der Waals surface area contributed by atoms with E-state index in [0.29, 0.717) is 24.2 Å². The normalized spacial score (nSPS) is 14.5. The summed E-state index contributed by atoms with van der Waals surface area (Å²) in [4.78, 5) is 35.1. The standard InChI is InChI=1S/C31H39FN4O2/c1-3-35(4-2)21-10-22-36(31(38)28-20-19-27(34-28)23-11-6-5-7-12-23)29(24-15-17-25(32)18-16-24)30(37)33-26-13-8-9-14-26/h5-7,11-12,15-20,26,29,34H,3-4,8-10,13-14,21-22H2,1-2H3,(H,33,37). The van der Waals surface area contributed by atoms with Gasteiger partial charge >= 0.3 is 0 Å². The van der Waals surface area contributed by atoms with Gasteiger partial charge in [-0.2, -0.15) is 0 Å². The van der Waals surface area contributed by atoms with E-state index in [4.69, 9.17) is 0 Å². The first-order chi connectivity index (χ1) is 18.5. The van der Waals surface area contributed by atoms with Crippen LogP contribution >= 0.6 is 0 Å². The molecule has 0 radical (unpaired) electrons. The van der Waals surface area contributed by atoms with E-state index in [1.54, 1.807) is 23.1 Å². The van der Waals surface area contributed by atoms with Gasteiger partial charge in [0.2, 0.25) is 5.91 Å². The van der Waals surface area contributed by atoms with Gasteiger partial charge in [-0.3, -0.25) is 9.59 Å². The summed E-state index contributed by atoms with van der Waals surface area (Å²) in [5, 5.41) is 3.18. The minimum absolute atomic E-state index is 0.105. The number of nitrogens with one attached hydrogen (secondary N) is 2. The second-order valence-electron chi connectivity index (χ2n) is 9.97. The topological polar surface area (TPSA) is 68.4 Å². The number of aromatic nitrogens is 1. The Morgan fingerprint density at radius 1 is 0.947 bits per heavy atom. The molecular formula is C31H39FN4O2. The van der Waals surface area contributed by atoms with Crippen LogP contribution in [0.25, 0.3) is 11.3 Å². The summed E-state index contributed by atoms with van der Waals surface area (Å²) >= 11 is 0. The fourth-order valence-electron chi connectivity index (χ4n) is 5.28. The molecule has 1 atom stereocenters. The van der Waals surface area contributed by atoms with E-state index in [-0.39, 0.29) is 23.7 Å². The quantitative estimate of drug-likeness (QED) is 0.319. The second-order valence-corrected chi connectivity index (χ2v) is 9.97. The van der Waals surface area contributed by atoms with Gasteiger partial charge in [-0.15, -0.1) is 0 Å². The van der Waals surface area contributed by atoms with Gasteiger partial charge in [0, 0.05) is 18.3 Å². The van der Waals surface area contributed by atoms with Crippen molar-refractivity contribution in [2.24, 2.45) is 0 Å². The SMILES string of the molecule is CCN(CC)CCCN(C(=O)c1ccc(-c2ccccc2)[nH]1)C(C(=O)NC1CCCC1)c1ccc(F)cc1. The lowest BCUT2D eigenvalue weighted by molar-refractivity contribution is -0.126. The summed E-state index contributed by atoms with van der Waals surface area (Å²) in [6.07, 6.45) is 4.77. The number of benzene rings is 2. The smallest absolute Gasteiger partial charge is 0.271 e. The molecule has 2 N–H and O–H groups in total. The van der Waals surface area contributed by atoms with Crippen LogP contribution in [0.15, 0.2) is 66.7 Å². The highest BCUT2D eigenvalue weighted by molar-refractivity contribution is 5.97. The first-order valence-electron chi connectivity index (χ1n) is 13.8. The van der Waals surface area contributed by atoms with Crippen LogP contribution in [0.5, 0.6) is 0 Å². The molecule has 38 heavy (non-hydrogen) atoms. The number of carbonyl (C=O) groups is 2. The Morgan fingerprint density at radius 2 is 1.63 bits per heavy atom.